The maximum atomic E-state index is 6.15. The molecule has 0 radical (unpaired) electrons. The number of rotatable bonds is 9. The highest BCUT2D eigenvalue weighted by atomic mass is 16.5. The first-order valence-corrected chi connectivity index (χ1v) is 11.1. The Hall–Kier alpha value is -2.42. The van der Waals surface area contributed by atoms with Gasteiger partial charge in [0.2, 0.25) is 0 Å². The van der Waals surface area contributed by atoms with Crippen LogP contribution in [0.25, 0.3) is 11.1 Å². The lowest BCUT2D eigenvalue weighted by Crippen LogP contribution is -2.32. The van der Waals surface area contributed by atoms with Crippen LogP contribution in [-0.4, -0.2) is 26.8 Å². The number of benzene rings is 3. The van der Waals surface area contributed by atoms with Gasteiger partial charge in [-0.2, -0.15) is 0 Å². The predicted octanol–water partition coefficient (Wildman–Crippen LogP) is 5.96. The van der Waals surface area contributed by atoms with Crippen LogP contribution < -0.4 is 5.32 Å². The Balaban J connectivity index is 1.63. The molecule has 1 saturated carbocycles. The number of nitrogens with one attached hydrogen (secondary N) is 1. The highest BCUT2D eigenvalue weighted by Crippen LogP contribution is 2.59. The molecule has 0 bridgehead atoms. The lowest BCUT2D eigenvalue weighted by atomic mass is 9.76. The summed E-state index contributed by atoms with van der Waals surface area (Å²) in [6.45, 7) is 6.99. The Bertz CT molecular complexity index is 967. The maximum Gasteiger partial charge on any atom is 0.0591 e. The quantitative estimate of drug-likeness (QED) is 0.448. The molecular weight excluding hydrogens is 366 g/mol. The molecule has 1 aliphatic carbocycles. The molecule has 3 atom stereocenters. The minimum atomic E-state index is 0.0124. The summed E-state index contributed by atoms with van der Waals surface area (Å²) in [6, 6.07) is 28.6. The maximum absolute atomic E-state index is 6.15. The van der Waals surface area contributed by atoms with Crippen LogP contribution in [0.1, 0.15) is 36.0 Å². The number of ether oxygens (including phenoxy) is 1. The molecule has 2 heteroatoms. The van der Waals surface area contributed by atoms with E-state index in [9.17, 15) is 0 Å². The Morgan fingerprint density at radius 2 is 1.57 bits per heavy atom. The van der Waals surface area contributed by atoms with Gasteiger partial charge in [-0.15, -0.1) is 0 Å². The Morgan fingerprint density at radius 1 is 0.900 bits per heavy atom. The van der Waals surface area contributed by atoms with Gasteiger partial charge < -0.3 is 10.1 Å². The molecule has 0 aliphatic heterocycles. The monoisotopic (exact) mass is 399 g/mol. The smallest absolute Gasteiger partial charge is 0.0591 e. The zero-order chi connectivity index (χ0) is 21.0. The molecule has 3 aromatic carbocycles. The number of hydrogen-bond acceptors (Lipinski definition) is 2. The number of hydrogen-bond donors (Lipinski definition) is 1. The van der Waals surface area contributed by atoms with Crippen molar-refractivity contribution in [1.29, 1.82) is 0 Å². The Morgan fingerprint density at radius 3 is 2.30 bits per heavy atom. The zero-order valence-corrected chi connectivity index (χ0v) is 18.4. The molecule has 1 N–H and O–H groups in total. The van der Waals surface area contributed by atoms with E-state index in [1.54, 1.807) is 0 Å². The van der Waals surface area contributed by atoms with Crippen LogP contribution in [0, 0.1) is 12.8 Å². The van der Waals surface area contributed by atoms with Crippen molar-refractivity contribution < 1.29 is 4.74 Å². The van der Waals surface area contributed by atoms with Gasteiger partial charge in [0.1, 0.15) is 0 Å². The number of likely N-dealkylation sites (N-methyl/N-ethyl adjacent to an activating group) is 1. The van der Waals surface area contributed by atoms with Crippen molar-refractivity contribution in [2.45, 2.75) is 31.6 Å². The second-order valence-electron chi connectivity index (χ2n) is 8.79. The van der Waals surface area contributed by atoms with Gasteiger partial charge in [-0.05, 0) is 60.0 Å². The molecule has 1 aliphatic rings. The van der Waals surface area contributed by atoms with Gasteiger partial charge >= 0.3 is 0 Å². The molecule has 0 heterocycles. The molecule has 0 saturated heterocycles. The van der Waals surface area contributed by atoms with Crippen molar-refractivity contribution in [3.05, 3.63) is 95.6 Å². The van der Waals surface area contributed by atoms with Gasteiger partial charge in [-0.1, -0.05) is 85.8 Å². The lowest BCUT2D eigenvalue weighted by Gasteiger charge is -2.31. The van der Waals surface area contributed by atoms with E-state index in [4.69, 9.17) is 4.74 Å². The summed E-state index contributed by atoms with van der Waals surface area (Å²) in [7, 11) is 1.97. The van der Waals surface area contributed by atoms with E-state index in [0.717, 1.165) is 19.8 Å². The molecule has 0 spiro atoms. The predicted molar refractivity (Wildman–Crippen MR) is 126 cm³/mol. The average Bonchev–Trinajstić information content (AvgIpc) is 3.59. The SMILES string of the molecule is CNCCOCC(C)(c1ccccc1)C1CC1c1ccccc1-c1ccccc1C. The standard InChI is InChI=1S/C28H33NO/c1-21-11-7-8-14-23(21)24-15-9-10-16-25(24)26-19-27(26)28(2,20-30-18-17-29-3)22-12-5-4-6-13-22/h4-16,26-27,29H,17-20H2,1-3H3. The fraction of sp³-hybridized carbons (Fsp3) is 0.357. The van der Waals surface area contributed by atoms with Gasteiger partial charge in [0.05, 0.1) is 13.2 Å². The van der Waals surface area contributed by atoms with Gasteiger partial charge in [0.25, 0.3) is 0 Å². The van der Waals surface area contributed by atoms with Gasteiger partial charge in [-0.25, -0.2) is 0 Å². The summed E-state index contributed by atoms with van der Waals surface area (Å²) in [5.74, 6) is 1.15. The van der Waals surface area contributed by atoms with Crippen LogP contribution >= 0.6 is 0 Å². The molecular formula is C28H33NO. The number of aryl methyl sites for hydroxylation is 1. The molecule has 3 aromatic rings. The van der Waals surface area contributed by atoms with Gasteiger partial charge in [0, 0.05) is 12.0 Å². The van der Waals surface area contributed by atoms with E-state index in [2.05, 4.69) is 98.0 Å². The summed E-state index contributed by atoms with van der Waals surface area (Å²) in [6.07, 6.45) is 1.21. The Labute approximate surface area is 181 Å². The summed E-state index contributed by atoms with van der Waals surface area (Å²) < 4.78 is 6.15. The first-order chi connectivity index (χ1) is 14.6. The van der Waals surface area contributed by atoms with Crippen molar-refractivity contribution >= 4 is 0 Å². The molecule has 4 rings (SSSR count). The minimum Gasteiger partial charge on any atom is -0.379 e. The third-order valence-electron chi connectivity index (χ3n) is 6.74. The second-order valence-corrected chi connectivity index (χ2v) is 8.79. The van der Waals surface area contributed by atoms with Gasteiger partial charge in [0.15, 0.2) is 0 Å². The third kappa shape index (κ3) is 4.21. The summed E-state index contributed by atoms with van der Waals surface area (Å²) in [4.78, 5) is 0. The van der Waals surface area contributed by atoms with Crippen LogP contribution in [0.4, 0.5) is 0 Å². The first kappa shape index (κ1) is 20.8. The average molecular weight is 400 g/mol. The second kappa shape index (κ2) is 9.16. The summed E-state index contributed by atoms with van der Waals surface area (Å²) in [5.41, 5.74) is 6.95. The van der Waals surface area contributed by atoms with E-state index in [-0.39, 0.29) is 5.41 Å². The molecule has 30 heavy (non-hydrogen) atoms. The van der Waals surface area contributed by atoms with E-state index < -0.39 is 0 Å². The van der Waals surface area contributed by atoms with Crippen LogP contribution in [0.3, 0.4) is 0 Å². The normalized spacial score (nSPS) is 20.0. The van der Waals surface area contributed by atoms with Crippen LogP contribution in [-0.2, 0) is 10.2 Å². The topological polar surface area (TPSA) is 21.3 Å². The zero-order valence-electron chi connectivity index (χ0n) is 18.4. The molecule has 156 valence electrons. The van der Waals surface area contributed by atoms with Crippen LogP contribution in [0.15, 0.2) is 78.9 Å². The highest BCUT2D eigenvalue weighted by molar-refractivity contribution is 5.71. The molecule has 0 aromatic heterocycles. The summed E-state index contributed by atoms with van der Waals surface area (Å²) >= 11 is 0. The molecule has 0 amide bonds. The van der Waals surface area contributed by atoms with Crippen molar-refractivity contribution in [1.82, 2.24) is 5.32 Å². The first-order valence-electron chi connectivity index (χ1n) is 11.1. The van der Waals surface area contributed by atoms with Crippen molar-refractivity contribution in [3.8, 4) is 11.1 Å². The van der Waals surface area contributed by atoms with Gasteiger partial charge in [-0.3, -0.25) is 0 Å². The molecule has 2 nitrogen and oxygen atoms in total. The largest absolute Gasteiger partial charge is 0.379 e. The highest BCUT2D eigenvalue weighted by Gasteiger charge is 2.52. The molecule has 3 unspecified atom stereocenters. The van der Waals surface area contributed by atoms with E-state index >= 15 is 0 Å². The Kier molecular flexibility index (Phi) is 6.36. The van der Waals surface area contributed by atoms with Crippen LogP contribution in [0.5, 0.6) is 0 Å². The van der Waals surface area contributed by atoms with E-state index in [1.807, 2.05) is 7.05 Å². The minimum absolute atomic E-state index is 0.0124. The summed E-state index contributed by atoms with van der Waals surface area (Å²) in [5, 5.41) is 3.18. The van der Waals surface area contributed by atoms with Crippen molar-refractivity contribution in [2.24, 2.45) is 5.92 Å². The van der Waals surface area contributed by atoms with Crippen molar-refractivity contribution in [2.75, 3.05) is 26.8 Å². The lowest BCUT2D eigenvalue weighted by molar-refractivity contribution is 0.0811. The van der Waals surface area contributed by atoms with E-state index in [1.165, 1.54) is 34.2 Å². The van der Waals surface area contributed by atoms with E-state index in [0.29, 0.717) is 11.8 Å². The van der Waals surface area contributed by atoms with Crippen LogP contribution in [0.2, 0.25) is 0 Å². The third-order valence-corrected chi connectivity index (χ3v) is 6.74. The fourth-order valence-electron chi connectivity index (χ4n) is 4.87. The molecule has 1 fully saturated rings. The fourth-order valence-corrected chi connectivity index (χ4v) is 4.87. The van der Waals surface area contributed by atoms with Crippen molar-refractivity contribution in [3.63, 3.8) is 0 Å².